The SMILES string of the molecule is C=C[C@@H](O[Si](C)(C)C(C)(C)C)[C@@]1(NC(=O)OC)CCCCO1. The first-order valence-corrected chi connectivity index (χ1v) is 10.8. The summed E-state index contributed by atoms with van der Waals surface area (Å²) in [5.74, 6) is 0. The highest BCUT2D eigenvalue weighted by Crippen LogP contribution is 2.40. The van der Waals surface area contributed by atoms with Gasteiger partial charge < -0.3 is 13.9 Å². The number of nitrogens with one attached hydrogen (secondary N) is 1. The predicted molar refractivity (Wildman–Crippen MR) is 90.3 cm³/mol. The van der Waals surface area contributed by atoms with E-state index in [0.717, 1.165) is 12.8 Å². The first kappa shape index (κ1) is 19.2. The first-order valence-electron chi connectivity index (χ1n) is 7.88. The molecule has 0 aromatic rings. The molecule has 0 saturated carbocycles. The van der Waals surface area contributed by atoms with E-state index in [1.165, 1.54) is 7.11 Å². The van der Waals surface area contributed by atoms with Gasteiger partial charge in [0.05, 0.1) is 7.11 Å². The summed E-state index contributed by atoms with van der Waals surface area (Å²) < 4.78 is 17.2. The quantitative estimate of drug-likeness (QED) is 0.615. The van der Waals surface area contributed by atoms with Crippen molar-refractivity contribution in [3.8, 4) is 0 Å². The number of amides is 1. The van der Waals surface area contributed by atoms with Gasteiger partial charge in [-0.25, -0.2) is 4.79 Å². The molecule has 0 unspecified atom stereocenters. The molecule has 22 heavy (non-hydrogen) atoms. The lowest BCUT2D eigenvalue weighted by Crippen LogP contribution is -2.62. The van der Waals surface area contributed by atoms with Crippen LogP contribution in [0.15, 0.2) is 12.7 Å². The van der Waals surface area contributed by atoms with Crippen molar-refractivity contribution in [2.24, 2.45) is 0 Å². The summed E-state index contributed by atoms with van der Waals surface area (Å²) in [7, 11) is -0.674. The Labute approximate surface area is 135 Å². The summed E-state index contributed by atoms with van der Waals surface area (Å²) in [5, 5.41) is 2.91. The van der Waals surface area contributed by atoms with E-state index in [1.54, 1.807) is 6.08 Å². The molecular weight excluding hydrogens is 298 g/mol. The van der Waals surface area contributed by atoms with Gasteiger partial charge in [0.2, 0.25) is 0 Å². The molecule has 128 valence electrons. The summed E-state index contributed by atoms with van der Waals surface area (Å²) >= 11 is 0. The molecule has 5 nitrogen and oxygen atoms in total. The maximum Gasteiger partial charge on any atom is 0.409 e. The first-order chi connectivity index (χ1) is 10.1. The molecule has 1 fully saturated rings. The largest absolute Gasteiger partial charge is 0.453 e. The van der Waals surface area contributed by atoms with E-state index in [-0.39, 0.29) is 5.04 Å². The molecule has 0 aromatic heterocycles. The van der Waals surface area contributed by atoms with Crippen molar-refractivity contribution in [1.82, 2.24) is 5.32 Å². The zero-order chi connectivity index (χ0) is 17.0. The minimum absolute atomic E-state index is 0.0649. The second-order valence-corrected chi connectivity index (χ2v) is 12.1. The summed E-state index contributed by atoms with van der Waals surface area (Å²) in [6.45, 7) is 15.4. The van der Waals surface area contributed by atoms with Crippen molar-refractivity contribution in [3.05, 3.63) is 12.7 Å². The molecule has 1 heterocycles. The van der Waals surface area contributed by atoms with Crippen LogP contribution in [-0.4, -0.2) is 40.0 Å². The van der Waals surface area contributed by atoms with Crippen LogP contribution in [0.2, 0.25) is 18.1 Å². The topological polar surface area (TPSA) is 56.8 Å². The summed E-state index contributed by atoms with van der Waals surface area (Å²) in [4.78, 5) is 11.8. The molecule has 1 amide bonds. The molecule has 0 aliphatic carbocycles. The summed E-state index contributed by atoms with van der Waals surface area (Å²) in [5.41, 5.74) is -0.886. The van der Waals surface area contributed by atoms with Crippen LogP contribution in [0.1, 0.15) is 40.0 Å². The molecule has 1 aliphatic heterocycles. The third kappa shape index (κ3) is 4.33. The number of hydrogen-bond donors (Lipinski definition) is 1. The number of rotatable bonds is 5. The van der Waals surface area contributed by atoms with E-state index in [0.29, 0.717) is 13.0 Å². The van der Waals surface area contributed by atoms with Gasteiger partial charge >= 0.3 is 6.09 Å². The second kappa shape index (κ2) is 7.15. The van der Waals surface area contributed by atoms with Crippen LogP contribution in [0.4, 0.5) is 4.79 Å². The molecule has 0 radical (unpaired) electrons. The normalized spacial score (nSPS) is 24.5. The highest BCUT2D eigenvalue weighted by molar-refractivity contribution is 6.74. The van der Waals surface area contributed by atoms with E-state index in [2.05, 4.69) is 45.8 Å². The van der Waals surface area contributed by atoms with Gasteiger partial charge in [-0.2, -0.15) is 0 Å². The van der Waals surface area contributed by atoms with Crippen molar-refractivity contribution in [2.45, 2.75) is 70.0 Å². The van der Waals surface area contributed by atoms with Crippen LogP contribution in [0.3, 0.4) is 0 Å². The molecule has 0 spiro atoms. The number of hydrogen-bond acceptors (Lipinski definition) is 4. The highest BCUT2D eigenvalue weighted by Gasteiger charge is 2.47. The number of methoxy groups -OCH3 is 1. The van der Waals surface area contributed by atoms with Gasteiger partial charge in [-0.1, -0.05) is 26.8 Å². The fraction of sp³-hybridized carbons (Fsp3) is 0.812. The van der Waals surface area contributed by atoms with Gasteiger partial charge in [0.15, 0.2) is 14.0 Å². The number of carbonyl (C=O) groups is 1. The molecule has 1 N–H and O–H groups in total. The Morgan fingerprint density at radius 3 is 2.45 bits per heavy atom. The number of carbonyl (C=O) groups excluding carboxylic acids is 1. The van der Waals surface area contributed by atoms with Crippen molar-refractivity contribution < 1.29 is 18.7 Å². The van der Waals surface area contributed by atoms with Gasteiger partial charge in [-0.15, -0.1) is 6.58 Å². The monoisotopic (exact) mass is 329 g/mol. The van der Waals surface area contributed by atoms with Crippen LogP contribution in [0.25, 0.3) is 0 Å². The summed E-state index contributed by atoms with van der Waals surface area (Å²) in [6, 6.07) is 0. The van der Waals surface area contributed by atoms with Crippen molar-refractivity contribution in [3.63, 3.8) is 0 Å². The van der Waals surface area contributed by atoms with Gasteiger partial charge in [-0.05, 0) is 37.4 Å². The van der Waals surface area contributed by atoms with Crippen LogP contribution in [-0.2, 0) is 13.9 Å². The third-order valence-electron chi connectivity index (χ3n) is 4.70. The van der Waals surface area contributed by atoms with Crippen molar-refractivity contribution in [2.75, 3.05) is 13.7 Å². The van der Waals surface area contributed by atoms with Gasteiger partial charge in [0, 0.05) is 6.61 Å². The third-order valence-corrected chi connectivity index (χ3v) is 9.16. The highest BCUT2D eigenvalue weighted by atomic mass is 28.4. The van der Waals surface area contributed by atoms with E-state index < -0.39 is 26.2 Å². The molecule has 1 saturated heterocycles. The lowest BCUT2D eigenvalue weighted by molar-refractivity contribution is -0.143. The Balaban J connectivity index is 3.04. The summed E-state index contributed by atoms with van der Waals surface area (Å²) in [6.07, 6.45) is 3.47. The zero-order valence-corrected chi connectivity index (χ0v) is 15.8. The standard InChI is InChI=1S/C16H31NO4Si/c1-8-13(21-22(6,7)15(2,3)4)16(17-14(18)19-5)11-9-10-12-20-16/h8,13H,1,9-12H2,2-7H3,(H,17,18)/t13-,16-/m1/s1. The fourth-order valence-electron chi connectivity index (χ4n) is 2.26. The average molecular weight is 330 g/mol. The van der Waals surface area contributed by atoms with E-state index in [4.69, 9.17) is 13.9 Å². The van der Waals surface area contributed by atoms with Crippen LogP contribution in [0, 0.1) is 0 Å². The minimum atomic E-state index is -2.02. The molecule has 2 atom stereocenters. The Bertz CT molecular complexity index is 397. The van der Waals surface area contributed by atoms with Crippen LogP contribution < -0.4 is 5.32 Å². The molecule has 0 bridgehead atoms. The Hall–Kier alpha value is -0.853. The van der Waals surface area contributed by atoms with E-state index in [9.17, 15) is 4.79 Å². The molecule has 1 aliphatic rings. The van der Waals surface area contributed by atoms with Gasteiger partial charge in [-0.3, -0.25) is 5.32 Å². The Morgan fingerprint density at radius 1 is 1.41 bits per heavy atom. The zero-order valence-electron chi connectivity index (χ0n) is 14.8. The lowest BCUT2D eigenvalue weighted by Gasteiger charge is -2.47. The van der Waals surface area contributed by atoms with Crippen molar-refractivity contribution in [1.29, 1.82) is 0 Å². The Kier molecular flexibility index (Phi) is 6.24. The Morgan fingerprint density at radius 2 is 2.05 bits per heavy atom. The molecular formula is C16H31NO4Si. The smallest absolute Gasteiger partial charge is 0.409 e. The van der Waals surface area contributed by atoms with Gasteiger partial charge in [0.25, 0.3) is 0 Å². The van der Waals surface area contributed by atoms with Crippen LogP contribution in [0.5, 0.6) is 0 Å². The molecule has 0 aromatic carbocycles. The van der Waals surface area contributed by atoms with E-state index >= 15 is 0 Å². The number of ether oxygens (including phenoxy) is 2. The van der Waals surface area contributed by atoms with E-state index in [1.807, 2.05) is 0 Å². The van der Waals surface area contributed by atoms with Crippen LogP contribution >= 0.6 is 0 Å². The molecule has 6 heteroatoms. The molecule has 1 rings (SSSR count). The predicted octanol–water partition coefficient (Wildman–Crippen LogP) is 3.82. The second-order valence-electron chi connectivity index (χ2n) is 7.35. The fourth-order valence-corrected chi connectivity index (χ4v) is 3.54. The maximum absolute atomic E-state index is 11.8. The van der Waals surface area contributed by atoms with Gasteiger partial charge in [0.1, 0.15) is 6.10 Å². The maximum atomic E-state index is 11.8. The average Bonchev–Trinajstić information content (AvgIpc) is 2.44. The lowest BCUT2D eigenvalue weighted by atomic mass is 9.96. The number of alkyl carbamates (subject to hydrolysis) is 1. The van der Waals surface area contributed by atoms with Crippen molar-refractivity contribution >= 4 is 14.4 Å². The minimum Gasteiger partial charge on any atom is -0.453 e.